The number of hydrogen-bond donors (Lipinski definition) is 1. The van der Waals surface area contributed by atoms with Crippen molar-refractivity contribution >= 4 is 11.6 Å². The predicted molar refractivity (Wildman–Crippen MR) is 77.8 cm³/mol. The number of carbonyl (C=O) groups is 1. The molecule has 0 atom stereocenters. The highest BCUT2D eigenvalue weighted by molar-refractivity contribution is 5.99. The maximum Gasteiger partial charge on any atom is 0.256 e. The molecule has 2 aromatic carbocycles. The Labute approximate surface area is 117 Å². The number of halogens is 1. The maximum absolute atomic E-state index is 13.4. The Hall–Kier alpha value is -2.36. The number of amides is 1. The molecular formula is C16H17FN2O. The van der Waals surface area contributed by atoms with Gasteiger partial charge < -0.3 is 10.6 Å². The van der Waals surface area contributed by atoms with Crippen molar-refractivity contribution in [1.82, 2.24) is 4.90 Å². The molecule has 0 aliphatic rings. The van der Waals surface area contributed by atoms with Gasteiger partial charge in [0.2, 0.25) is 0 Å². The average Bonchev–Trinajstić information content (AvgIpc) is 2.41. The molecule has 0 bridgehead atoms. The fourth-order valence-corrected chi connectivity index (χ4v) is 2.09. The number of nitrogen functional groups attached to an aromatic ring is 1. The molecule has 0 spiro atoms. The zero-order valence-corrected chi connectivity index (χ0v) is 11.6. The van der Waals surface area contributed by atoms with Crippen molar-refractivity contribution in [2.45, 2.75) is 13.5 Å². The van der Waals surface area contributed by atoms with E-state index < -0.39 is 5.82 Å². The van der Waals surface area contributed by atoms with Crippen molar-refractivity contribution in [2.24, 2.45) is 0 Å². The SMILES string of the molecule is Cc1cccc(CN(C)C(=O)c2cccc(F)c2N)c1. The van der Waals surface area contributed by atoms with Gasteiger partial charge in [0, 0.05) is 13.6 Å². The first-order chi connectivity index (χ1) is 9.49. The van der Waals surface area contributed by atoms with Gasteiger partial charge in [0.25, 0.3) is 5.91 Å². The van der Waals surface area contributed by atoms with Crippen molar-refractivity contribution in [3.63, 3.8) is 0 Å². The summed E-state index contributed by atoms with van der Waals surface area (Å²) in [7, 11) is 1.68. The van der Waals surface area contributed by atoms with E-state index in [2.05, 4.69) is 0 Å². The zero-order chi connectivity index (χ0) is 14.7. The first-order valence-corrected chi connectivity index (χ1v) is 6.34. The molecule has 0 saturated carbocycles. The third-order valence-electron chi connectivity index (χ3n) is 3.13. The second-order valence-electron chi connectivity index (χ2n) is 4.85. The Balaban J connectivity index is 2.19. The normalized spacial score (nSPS) is 10.3. The topological polar surface area (TPSA) is 46.3 Å². The molecule has 1 amide bonds. The summed E-state index contributed by atoms with van der Waals surface area (Å²) in [5, 5.41) is 0. The van der Waals surface area contributed by atoms with Crippen LogP contribution in [0.15, 0.2) is 42.5 Å². The lowest BCUT2D eigenvalue weighted by Crippen LogP contribution is -2.27. The third-order valence-corrected chi connectivity index (χ3v) is 3.13. The molecule has 0 heterocycles. The molecule has 4 heteroatoms. The first kappa shape index (κ1) is 14.1. The van der Waals surface area contributed by atoms with Gasteiger partial charge in [-0.05, 0) is 24.6 Å². The molecule has 0 aliphatic carbocycles. The largest absolute Gasteiger partial charge is 0.396 e. The molecule has 0 aliphatic heterocycles. The maximum atomic E-state index is 13.4. The number of nitrogens with two attached hydrogens (primary N) is 1. The predicted octanol–water partition coefficient (Wildman–Crippen LogP) is 2.99. The number of para-hydroxylation sites is 1. The van der Waals surface area contributed by atoms with Crippen LogP contribution in [0.4, 0.5) is 10.1 Å². The summed E-state index contributed by atoms with van der Waals surface area (Å²) in [5.41, 5.74) is 7.86. The highest BCUT2D eigenvalue weighted by Gasteiger charge is 2.16. The number of carbonyl (C=O) groups excluding carboxylic acids is 1. The molecule has 0 unspecified atom stereocenters. The van der Waals surface area contributed by atoms with Crippen molar-refractivity contribution in [3.05, 3.63) is 65.0 Å². The quantitative estimate of drug-likeness (QED) is 0.873. The summed E-state index contributed by atoms with van der Waals surface area (Å²) in [6.07, 6.45) is 0. The van der Waals surface area contributed by atoms with Crippen molar-refractivity contribution in [1.29, 1.82) is 0 Å². The third kappa shape index (κ3) is 2.96. The van der Waals surface area contributed by atoms with E-state index in [0.29, 0.717) is 6.54 Å². The van der Waals surface area contributed by atoms with E-state index in [1.807, 2.05) is 31.2 Å². The lowest BCUT2D eigenvalue weighted by atomic mass is 10.1. The van der Waals surface area contributed by atoms with E-state index >= 15 is 0 Å². The zero-order valence-electron chi connectivity index (χ0n) is 11.6. The van der Waals surface area contributed by atoms with E-state index in [-0.39, 0.29) is 17.2 Å². The smallest absolute Gasteiger partial charge is 0.256 e. The van der Waals surface area contributed by atoms with Crippen molar-refractivity contribution < 1.29 is 9.18 Å². The van der Waals surface area contributed by atoms with E-state index in [0.717, 1.165) is 11.1 Å². The number of anilines is 1. The summed E-state index contributed by atoms with van der Waals surface area (Å²) in [4.78, 5) is 13.8. The van der Waals surface area contributed by atoms with E-state index in [1.54, 1.807) is 7.05 Å². The van der Waals surface area contributed by atoms with Crippen LogP contribution in [0, 0.1) is 12.7 Å². The standard InChI is InChI=1S/C16H17FN2O/c1-11-5-3-6-12(9-11)10-19(2)16(20)13-7-4-8-14(17)15(13)18/h3-9H,10,18H2,1-2H3. The van der Waals surface area contributed by atoms with Gasteiger partial charge in [-0.15, -0.1) is 0 Å². The molecule has 0 radical (unpaired) electrons. The lowest BCUT2D eigenvalue weighted by Gasteiger charge is -2.18. The molecular weight excluding hydrogens is 255 g/mol. The number of benzene rings is 2. The van der Waals surface area contributed by atoms with Crippen molar-refractivity contribution in [3.8, 4) is 0 Å². The highest BCUT2D eigenvalue weighted by Crippen LogP contribution is 2.18. The Morgan fingerprint density at radius 3 is 2.65 bits per heavy atom. The van der Waals surface area contributed by atoms with Gasteiger partial charge in [0.05, 0.1) is 11.3 Å². The Morgan fingerprint density at radius 2 is 1.95 bits per heavy atom. The van der Waals surface area contributed by atoms with Crippen LogP contribution in [0.5, 0.6) is 0 Å². The number of hydrogen-bond acceptors (Lipinski definition) is 2. The molecule has 2 aromatic rings. The van der Waals surface area contributed by atoms with Gasteiger partial charge >= 0.3 is 0 Å². The molecule has 0 aromatic heterocycles. The molecule has 104 valence electrons. The highest BCUT2D eigenvalue weighted by atomic mass is 19.1. The van der Waals surface area contributed by atoms with Crippen LogP contribution in [-0.4, -0.2) is 17.9 Å². The summed E-state index contributed by atoms with van der Waals surface area (Å²) >= 11 is 0. The minimum Gasteiger partial charge on any atom is -0.396 e. The number of rotatable bonds is 3. The second-order valence-corrected chi connectivity index (χ2v) is 4.85. The van der Waals surface area contributed by atoms with Crippen LogP contribution >= 0.6 is 0 Å². The average molecular weight is 272 g/mol. The number of aryl methyl sites for hydroxylation is 1. The fourth-order valence-electron chi connectivity index (χ4n) is 2.09. The van der Waals surface area contributed by atoms with Crippen LogP contribution in [0.25, 0.3) is 0 Å². The Kier molecular flexibility index (Phi) is 4.03. The van der Waals surface area contributed by atoms with Gasteiger partial charge in [-0.25, -0.2) is 4.39 Å². The molecule has 20 heavy (non-hydrogen) atoms. The molecule has 2 N–H and O–H groups in total. The summed E-state index contributed by atoms with van der Waals surface area (Å²) in [5.74, 6) is -0.858. The monoisotopic (exact) mass is 272 g/mol. The van der Waals surface area contributed by atoms with Gasteiger partial charge in [0.15, 0.2) is 0 Å². The Morgan fingerprint density at radius 1 is 1.25 bits per heavy atom. The molecule has 3 nitrogen and oxygen atoms in total. The van der Waals surface area contributed by atoms with Crippen LogP contribution < -0.4 is 5.73 Å². The summed E-state index contributed by atoms with van der Waals surface area (Å²) < 4.78 is 13.4. The minimum absolute atomic E-state index is 0.103. The summed E-state index contributed by atoms with van der Waals surface area (Å²) in [6.45, 7) is 2.45. The van der Waals surface area contributed by atoms with Gasteiger partial charge in [-0.3, -0.25) is 4.79 Å². The summed E-state index contributed by atoms with van der Waals surface area (Å²) in [6, 6.07) is 12.2. The first-order valence-electron chi connectivity index (χ1n) is 6.34. The number of nitrogens with zero attached hydrogens (tertiary/aromatic N) is 1. The Bertz CT molecular complexity index is 640. The fraction of sp³-hybridized carbons (Fsp3) is 0.188. The lowest BCUT2D eigenvalue weighted by molar-refractivity contribution is 0.0785. The van der Waals surface area contributed by atoms with Gasteiger partial charge in [-0.1, -0.05) is 35.9 Å². The van der Waals surface area contributed by atoms with Crippen LogP contribution in [-0.2, 0) is 6.54 Å². The van der Waals surface area contributed by atoms with Gasteiger partial charge in [-0.2, -0.15) is 0 Å². The minimum atomic E-state index is -0.570. The van der Waals surface area contributed by atoms with E-state index in [9.17, 15) is 9.18 Å². The molecule has 2 rings (SSSR count). The van der Waals surface area contributed by atoms with Crippen molar-refractivity contribution in [2.75, 3.05) is 12.8 Å². The molecule has 0 saturated heterocycles. The van der Waals surface area contributed by atoms with E-state index in [4.69, 9.17) is 5.73 Å². The van der Waals surface area contributed by atoms with Crippen LogP contribution in [0.3, 0.4) is 0 Å². The van der Waals surface area contributed by atoms with Gasteiger partial charge in [0.1, 0.15) is 5.82 Å². The van der Waals surface area contributed by atoms with E-state index in [1.165, 1.54) is 23.1 Å². The second kappa shape index (κ2) is 5.74. The van der Waals surface area contributed by atoms with Crippen LogP contribution in [0.1, 0.15) is 21.5 Å². The van der Waals surface area contributed by atoms with Crippen LogP contribution in [0.2, 0.25) is 0 Å². The molecule has 0 fully saturated rings.